The van der Waals surface area contributed by atoms with Gasteiger partial charge in [-0.25, -0.2) is 4.98 Å². The van der Waals surface area contributed by atoms with Gasteiger partial charge in [0, 0.05) is 26.5 Å². The van der Waals surface area contributed by atoms with Gasteiger partial charge in [-0.2, -0.15) is 5.10 Å². The summed E-state index contributed by atoms with van der Waals surface area (Å²) in [5.74, 6) is -0.106. The van der Waals surface area contributed by atoms with Crippen LogP contribution in [0.15, 0.2) is 24.8 Å². The highest BCUT2D eigenvalue weighted by Crippen LogP contribution is 2.05. The molecule has 0 atom stereocenters. The zero-order chi connectivity index (χ0) is 10.1. The van der Waals surface area contributed by atoms with Crippen molar-refractivity contribution >= 4 is 5.78 Å². The topological polar surface area (TPSA) is 52.7 Å². The summed E-state index contributed by atoms with van der Waals surface area (Å²) >= 11 is 0. The molecule has 0 aliphatic heterocycles. The summed E-state index contributed by atoms with van der Waals surface area (Å²) in [6.07, 6.45) is 4.88. The van der Waals surface area contributed by atoms with Crippen LogP contribution in [0.5, 0.6) is 0 Å². The molecule has 0 radical (unpaired) electrons. The zero-order valence-electron chi connectivity index (χ0n) is 8.01. The van der Waals surface area contributed by atoms with Gasteiger partial charge in [0.05, 0.1) is 6.33 Å². The highest BCUT2D eigenvalue weighted by molar-refractivity contribution is 6.06. The van der Waals surface area contributed by atoms with Crippen LogP contribution >= 0.6 is 0 Å². The molecule has 0 N–H and O–H groups in total. The molecule has 0 spiro atoms. The first-order chi connectivity index (χ1) is 6.68. The fraction of sp³-hybridized carbons (Fsp3) is 0.222. The molecule has 2 heterocycles. The predicted molar refractivity (Wildman–Crippen MR) is 49.8 cm³/mol. The summed E-state index contributed by atoms with van der Waals surface area (Å²) in [6, 6.07) is 1.68. The van der Waals surface area contributed by atoms with E-state index in [4.69, 9.17) is 0 Å². The molecule has 5 nitrogen and oxygen atoms in total. The van der Waals surface area contributed by atoms with Crippen LogP contribution in [0.4, 0.5) is 0 Å². The van der Waals surface area contributed by atoms with E-state index >= 15 is 0 Å². The van der Waals surface area contributed by atoms with E-state index in [-0.39, 0.29) is 5.78 Å². The second-order valence-electron chi connectivity index (χ2n) is 3.09. The lowest BCUT2D eigenvalue weighted by Crippen LogP contribution is -2.08. The smallest absolute Gasteiger partial charge is 0.230 e. The quantitative estimate of drug-likeness (QED) is 0.643. The molecule has 72 valence electrons. The average Bonchev–Trinajstić information content (AvgIpc) is 2.73. The SMILES string of the molecule is Cn1cnc(C(=O)c2ccnn2C)c1. The molecule has 0 aromatic carbocycles. The van der Waals surface area contributed by atoms with Crippen molar-refractivity contribution in [2.75, 3.05) is 0 Å². The standard InChI is InChI=1S/C9H10N4O/c1-12-5-7(10-6-12)9(14)8-3-4-11-13(8)2/h3-6H,1-2H3. The number of rotatable bonds is 2. The first-order valence-corrected chi connectivity index (χ1v) is 4.19. The van der Waals surface area contributed by atoms with Gasteiger partial charge >= 0.3 is 0 Å². The Labute approximate surface area is 81.0 Å². The van der Waals surface area contributed by atoms with Crippen molar-refractivity contribution in [2.45, 2.75) is 0 Å². The van der Waals surface area contributed by atoms with Crippen LogP contribution in [-0.4, -0.2) is 25.1 Å². The Morgan fingerprint density at radius 2 is 2.21 bits per heavy atom. The average molecular weight is 190 g/mol. The van der Waals surface area contributed by atoms with Gasteiger partial charge in [-0.1, -0.05) is 0 Å². The van der Waals surface area contributed by atoms with Crippen molar-refractivity contribution < 1.29 is 4.79 Å². The molecule has 0 bridgehead atoms. The third-order valence-electron chi connectivity index (χ3n) is 1.99. The van der Waals surface area contributed by atoms with Crippen molar-refractivity contribution in [3.63, 3.8) is 0 Å². The minimum absolute atomic E-state index is 0.106. The Morgan fingerprint density at radius 1 is 1.43 bits per heavy atom. The summed E-state index contributed by atoms with van der Waals surface area (Å²) in [4.78, 5) is 15.8. The predicted octanol–water partition coefficient (Wildman–Crippen LogP) is 0.385. The maximum Gasteiger partial charge on any atom is 0.230 e. The Hall–Kier alpha value is -1.91. The van der Waals surface area contributed by atoms with E-state index < -0.39 is 0 Å². The van der Waals surface area contributed by atoms with Gasteiger partial charge in [0.2, 0.25) is 5.78 Å². The van der Waals surface area contributed by atoms with Crippen molar-refractivity contribution in [1.29, 1.82) is 0 Å². The number of ketones is 1. The van der Waals surface area contributed by atoms with Crippen LogP contribution in [-0.2, 0) is 14.1 Å². The van der Waals surface area contributed by atoms with Gasteiger partial charge < -0.3 is 4.57 Å². The molecule has 2 aromatic heterocycles. The van der Waals surface area contributed by atoms with Gasteiger partial charge in [-0.3, -0.25) is 9.48 Å². The molecule has 0 saturated carbocycles. The molecule has 0 unspecified atom stereocenters. The van der Waals surface area contributed by atoms with E-state index in [0.29, 0.717) is 11.4 Å². The third kappa shape index (κ3) is 1.32. The lowest BCUT2D eigenvalue weighted by molar-refractivity contribution is 0.102. The lowest BCUT2D eigenvalue weighted by Gasteiger charge is -1.96. The maximum absolute atomic E-state index is 11.8. The van der Waals surface area contributed by atoms with E-state index in [2.05, 4.69) is 10.1 Å². The number of aryl methyl sites for hydroxylation is 2. The van der Waals surface area contributed by atoms with Crippen LogP contribution < -0.4 is 0 Å². The molecule has 0 amide bonds. The number of hydrogen-bond donors (Lipinski definition) is 0. The second kappa shape index (κ2) is 3.10. The summed E-state index contributed by atoms with van der Waals surface area (Å²) in [7, 11) is 3.56. The van der Waals surface area contributed by atoms with Crippen molar-refractivity contribution in [2.24, 2.45) is 14.1 Å². The highest BCUT2D eigenvalue weighted by Gasteiger charge is 2.14. The normalized spacial score (nSPS) is 10.4. The molecule has 0 aliphatic carbocycles. The van der Waals surface area contributed by atoms with E-state index in [1.165, 1.54) is 4.68 Å². The van der Waals surface area contributed by atoms with E-state index in [1.807, 2.05) is 7.05 Å². The summed E-state index contributed by atoms with van der Waals surface area (Å²) < 4.78 is 3.28. The first kappa shape index (κ1) is 8.68. The number of hydrogen-bond acceptors (Lipinski definition) is 3. The van der Waals surface area contributed by atoms with E-state index in [9.17, 15) is 4.79 Å². The molecule has 0 aliphatic rings. The van der Waals surface area contributed by atoms with Crippen molar-refractivity contribution in [1.82, 2.24) is 19.3 Å². The van der Waals surface area contributed by atoms with Gasteiger partial charge in [0.1, 0.15) is 11.4 Å². The Kier molecular flexibility index (Phi) is 1.92. The van der Waals surface area contributed by atoms with Gasteiger partial charge in [-0.05, 0) is 6.07 Å². The molecular weight excluding hydrogens is 180 g/mol. The molecule has 14 heavy (non-hydrogen) atoms. The van der Waals surface area contributed by atoms with Crippen LogP contribution in [0.1, 0.15) is 16.2 Å². The second-order valence-corrected chi connectivity index (χ2v) is 3.09. The lowest BCUT2D eigenvalue weighted by atomic mass is 10.2. The molecular formula is C9H10N4O. The number of imidazole rings is 1. The Balaban J connectivity index is 2.38. The van der Waals surface area contributed by atoms with E-state index in [0.717, 1.165) is 0 Å². The Morgan fingerprint density at radius 3 is 2.71 bits per heavy atom. The summed E-state index contributed by atoms with van der Waals surface area (Å²) in [5, 5.41) is 3.93. The highest BCUT2D eigenvalue weighted by atomic mass is 16.1. The fourth-order valence-electron chi connectivity index (χ4n) is 1.26. The van der Waals surface area contributed by atoms with Crippen molar-refractivity contribution in [3.05, 3.63) is 36.2 Å². The molecule has 0 saturated heterocycles. The number of carbonyl (C=O) groups excluding carboxylic acids is 1. The molecule has 2 rings (SSSR count). The van der Waals surface area contributed by atoms with Crippen LogP contribution in [0.3, 0.4) is 0 Å². The molecule has 5 heteroatoms. The minimum atomic E-state index is -0.106. The number of nitrogens with zero attached hydrogens (tertiary/aromatic N) is 4. The molecule has 2 aromatic rings. The Bertz CT molecular complexity index is 469. The van der Waals surface area contributed by atoms with Crippen molar-refractivity contribution in [3.8, 4) is 0 Å². The first-order valence-electron chi connectivity index (χ1n) is 4.19. The fourth-order valence-corrected chi connectivity index (χ4v) is 1.26. The summed E-state index contributed by atoms with van der Waals surface area (Å²) in [6.45, 7) is 0. The maximum atomic E-state index is 11.8. The van der Waals surface area contributed by atoms with Crippen LogP contribution in [0.25, 0.3) is 0 Å². The zero-order valence-corrected chi connectivity index (χ0v) is 8.01. The van der Waals surface area contributed by atoms with Crippen LogP contribution in [0, 0.1) is 0 Å². The largest absolute Gasteiger partial charge is 0.340 e. The van der Waals surface area contributed by atoms with Gasteiger partial charge in [-0.15, -0.1) is 0 Å². The monoisotopic (exact) mass is 190 g/mol. The third-order valence-corrected chi connectivity index (χ3v) is 1.99. The number of carbonyl (C=O) groups is 1. The summed E-state index contributed by atoms with van der Waals surface area (Å²) in [5.41, 5.74) is 0.986. The van der Waals surface area contributed by atoms with Crippen LogP contribution in [0.2, 0.25) is 0 Å². The minimum Gasteiger partial charge on any atom is -0.340 e. The molecule has 0 fully saturated rings. The van der Waals surface area contributed by atoms with Gasteiger partial charge in [0.25, 0.3) is 0 Å². The van der Waals surface area contributed by atoms with Gasteiger partial charge in [0.15, 0.2) is 0 Å². The van der Waals surface area contributed by atoms with E-state index in [1.54, 1.807) is 36.4 Å². The number of aromatic nitrogens is 4.